The van der Waals surface area contributed by atoms with Gasteiger partial charge in [-0.25, -0.2) is 0 Å². The van der Waals surface area contributed by atoms with Crippen LogP contribution in [0.5, 0.6) is 0 Å². The largest absolute Gasteiger partial charge is 0.481 e. The maximum atomic E-state index is 11.4. The average Bonchev–Trinajstić information content (AvgIpc) is 2.22. The van der Waals surface area contributed by atoms with Gasteiger partial charge < -0.3 is 5.11 Å². The lowest BCUT2D eigenvalue weighted by Gasteiger charge is -2.30. The highest BCUT2D eigenvalue weighted by atomic mass is 16.4. The molecule has 1 atom stereocenters. The summed E-state index contributed by atoms with van der Waals surface area (Å²) >= 11 is 0. The average molecular weight is 238 g/mol. The van der Waals surface area contributed by atoms with Gasteiger partial charge in [-0.15, -0.1) is 6.58 Å². The first-order valence-corrected chi connectivity index (χ1v) is 6.32. The molecular formula is C15H26O2. The van der Waals surface area contributed by atoms with Crippen molar-refractivity contribution < 1.29 is 9.90 Å². The molecule has 0 aromatic rings. The first kappa shape index (κ1) is 16.0. The van der Waals surface area contributed by atoms with Crippen molar-refractivity contribution in [2.75, 3.05) is 0 Å². The van der Waals surface area contributed by atoms with E-state index in [1.807, 2.05) is 13.8 Å². The third-order valence-corrected chi connectivity index (χ3v) is 3.70. The fraction of sp³-hybridized carbons (Fsp3) is 0.667. The van der Waals surface area contributed by atoms with Crippen LogP contribution in [0.25, 0.3) is 0 Å². The van der Waals surface area contributed by atoms with E-state index >= 15 is 0 Å². The molecule has 0 heterocycles. The van der Waals surface area contributed by atoms with Crippen LogP contribution >= 0.6 is 0 Å². The third-order valence-electron chi connectivity index (χ3n) is 3.70. The smallest absolute Gasteiger partial charge is 0.313 e. The normalized spacial score (nSPS) is 14.7. The molecule has 0 aromatic carbocycles. The Hall–Kier alpha value is -1.05. The van der Waals surface area contributed by atoms with Gasteiger partial charge in [-0.2, -0.15) is 0 Å². The van der Waals surface area contributed by atoms with E-state index in [0.717, 1.165) is 12.8 Å². The highest BCUT2D eigenvalue weighted by Gasteiger charge is 2.37. The Kier molecular flexibility index (Phi) is 6.22. The molecule has 0 aromatic heterocycles. The van der Waals surface area contributed by atoms with Crippen molar-refractivity contribution in [3.8, 4) is 0 Å². The molecular weight excluding hydrogens is 212 g/mol. The van der Waals surface area contributed by atoms with Crippen molar-refractivity contribution in [1.29, 1.82) is 0 Å². The SMILES string of the molecule is C=CC(CCCC(=C)C(C)C)(C(=O)O)C(C)C. The fourth-order valence-corrected chi connectivity index (χ4v) is 1.96. The zero-order chi connectivity index (χ0) is 13.6. The summed E-state index contributed by atoms with van der Waals surface area (Å²) in [5.41, 5.74) is 0.397. The molecule has 0 amide bonds. The molecule has 0 bridgehead atoms. The molecule has 0 spiro atoms. The van der Waals surface area contributed by atoms with Crippen molar-refractivity contribution in [1.82, 2.24) is 0 Å². The van der Waals surface area contributed by atoms with E-state index in [2.05, 4.69) is 27.0 Å². The number of aliphatic carboxylic acids is 1. The fourth-order valence-electron chi connectivity index (χ4n) is 1.96. The van der Waals surface area contributed by atoms with Gasteiger partial charge >= 0.3 is 5.97 Å². The van der Waals surface area contributed by atoms with Crippen LogP contribution < -0.4 is 0 Å². The Labute approximate surface area is 105 Å². The number of carboxylic acid groups (broad SMARTS) is 1. The first-order valence-electron chi connectivity index (χ1n) is 6.32. The van der Waals surface area contributed by atoms with Crippen LogP contribution in [0.2, 0.25) is 0 Å². The predicted molar refractivity (Wildman–Crippen MR) is 72.9 cm³/mol. The Morgan fingerprint density at radius 2 is 1.88 bits per heavy atom. The number of rotatable bonds is 8. The van der Waals surface area contributed by atoms with Crippen LogP contribution in [0.1, 0.15) is 47.0 Å². The van der Waals surface area contributed by atoms with Crippen LogP contribution in [-0.2, 0) is 4.79 Å². The lowest BCUT2D eigenvalue weighted by Crippen LogP contribution is -2.34. The van der Waals surface area contributed by atoms with Gasteiger partial charge in [0.25, 0.3) is 0 Å². The monoisotopic (exact) mass is 238 g/mol. The van der Waals surface area contributed by atoms with Gasteiger partial charge in [-0.3, -0.25) is 4.79 Å². The van der Waals surface area contributed by atoms with Crippen molar-refractivity contribution in [3.63, 3.8) is 0 Å². The lowest BCUT2D eigenvalue weighted by atomic mass is 9.73. The molecule has 0 aliphatic heterocycles. The highest BCUT2D eigenvalue weighted by molar-refractivity contribution is 5.77. The Morgan fingerprint density at radius 1 is 1.35 bits per heavy atom. The van der Waals surface area contributed by atoms with Gasteiger partial charge in [0.05, 0.1) is 5.41 Å². The van der Waals surface area contributed by atoms with Crippen LogP contribution in [-0.4, -0.2) is 11.1 Å². The van der Waals surface area contributed by atoms with E-state index in [1.165, 1.54) is 5.57 Å². The molecule has 2 heteroatoms. The van der Waals surface area contributed by atoms with Gasteiger partial charge in [0.15, 0.2) is 0 Å². The van der Waals surface area contributed by atoms with Crippen LogP contribution in [0, 0.1) is 17.3 Å². The van der Waals surface area contributed by atoms with Crippen molar-refractivity contribution >= 4 is 5.97 Å². The van der Waals surface area contributed by atoms with Gasteiger partial charge in [0.1, 0.15) is 0 Å². The zero-order valence-corrected chi connectivity index (χ0v) is 11.6. The second-order valence-electron chi connectivity index (χ2n) is 5.37. The molecule has 1 unspecified atom stereocenters. The number of carboxylic acids is 1. The summed E-state index contributed by atoms with van der Waals surface area (Å²) in [5, 5.41) is 9.37. The standard InChI is InChI=1S/C15H26O2/c1-7-15(12(4)5,14(16)17)10-8-9-13(6)11(2)3/h7,11-12H,1,6,8-10H2,2-5H3,(H,16,17). The third kappa shape index (κ3) is 4.03. The molecule has 0 aliphatic rings. The number of hydrogen-bond acceptors (Lipinski definition) is 1. The highest BCUT2D eigenvalue weighted by Crippen LogP contribution is 2.35. The minimum absolute atomic E-state index is 0.0600. The van der Waals surface area contributed by atoms with E-state index in [-0.39, 0.29) is 5.92 Å². The molecule has 0 fully saturated rings. The van der Waals surface area contributed by atoms with E-state index in [9.17, 15) is 9.90 Å². The second kappa shape index (κ2) is 6.63. The summed E-state index contributed by atoms with van der Waals surface area (Å²) in [6.45, 7) is 15.8. The molecule has 0 radical (unpaired) electrons. The summed E-state index contributed by atoms with van der Waals surface area (Å²) in [4.78, 5) is 11.4. The maximum absolute atomic E-state index is 11.4. The quantitative estimate of drug-likeness (QED) is 0.641. The summed E-state index contributed by atoms with van der Waals surface area (Å²) in [5.74, 6) is -0.237. The Balaban J connectivity index is 4.53. The van der Waals surface area contributed by atoms with Crippen molar-refractivity contribution in [2.24, 2.45) is 17.3 Å². The summed E-state index contributed by atoms with van der Waals surface area (Å²) in [7, 11) is 0. The lowest BCUT2D eigenvalue weighted by molar-refractivity contribution is -0.148. The summed E-state index contributed by atoms with van der Waals surface area (Å²) < 4.78 is 0. The minimum Gasteiger partial charge on any atom is -0.481 e. The second-order valence-corrected chi connectivity index (χ2v) is 5.37. The van der Waals surface area contributed by atoms with Crippen molar-refractivity contribution in [3.05, 3.63) is 24.8 Å². The molecule has 0 aliphatic carbocycles. The van der Waals surface area contributed by atoms with Gasteiger partial charge in [0.2, 0.25) is 0 Å². The molecule has 17 heavy (non-hydrogen) atoms. The number of allylic oxidation sites excluding steroid dienone is 1. The Bertz CT molecular complexity index is 289. The van der Waals surface area contributed by atoms with Gasteiger partial charge in [-0.05, 0) is 31.1 Å². The van der Waals surface area contributed by atoms with E-state index in [1.54, 1.807) is 6.08 Å². The van der Waals surface area contributed by atoms with Crippen LogP contribution in [0.3, 0.4) is 0 Å². The number of hydrogen-bond donors (Lipinski definition) is 1. The van der Waals surface area contributed by atoms with Gasteiger partial charge in [0, 0.05) is 0 Å². The minimum atomic E-state index is -0.794. The van der Waals surface area contributed by atoms with E-state index < -0.39 is 11.4 Å². The first-order chi connectivity index (χ1) is 7.77. The molecule has 0 saturated heterocycles. The maximum Gasteiger partial charge on any atom is 0.313 e. The zero-order valence-electron chi connectivity index (χ0n) is 11.6. The van der Waals surface area contributed by atoms with E-state index in [4.69, 9.17) is 0 Å². The van der Waals surface area contributed by atoms with Crippen molar-refractivity contribution in [2.45, 2.75) is 47.0 Å². The summed E-state index contributed by atoms with van der Waals surface area (Å²) in [6.07, 6.45) is 3.98. The molecule has 0 saturated carbocycles. The predicted octanol–water partition coefficient (Wildman–Crippen LogP) is 4.28. The topological polar surface area (TPSA) is 37.3 Å². The van der Waals surface area contributed by atoms with E-state index in [0.29, 0.717) is 12.3 Å². The van der Waals surface area contributed by atoms with Gasteiger partial charge in [-0.1, -0.05) is 45.9 Å². The molecule has 1 N–H and O–H groups in total. The summed E-state index contributed by atoms with van der Waals surface area (Å²) in [6, 6.07) is 0. The molecule has 2 nitrogen and oxygen atoms in total. The molecule has 98 valence electrons. The van der Waals surface area contributed by atoms with Crippen LogP contribution in [0.15, 0.2) is 24.8 Å². The van der Waals surface area contributed by atoms with Crippen LogP contribution in [0.4, 0.5) is 0 Å². The molecule has 0 rings (SSSR count). The number of carbonyl (C=O) groups is 1. The Morgan fingerprint density at radius 3 is 2.18 bits per heavy atom.